The first-order valence-corrected chi connectivity index (χ1v) is 71.3. The van der Waals surface area contributed by atoms with Gasteiger partial charge in [0.15, 0.2) is 31.2 Å². The van der Waals surface area contributed by atoms with E-state index in [9.17, 15) is 9.59 Å². The zero-order valence-corrected chi connectivity index (χ0v) is 101. The zero-order valence-electron chi connectivity index (χ0n) is 93.9. The number of ether oxygens (including phenoxy) is 15. The first-order chi connectivity index (χ1) is 68.5. The molecule has 1 saturated carbocycles. The number of esters is 2. The third kappa shape index (κ3) is 37.5. The van der Waals surface area contributed by atoms with E-state index in [4.69, 9.17) is 112 Å². The van der Waals surface area contributed by atoms with E-state index >= 15 is 0 Å². The molecule has 6 aromatic rings. The van der Waals surface area contributed by atoms with Crippen LogP contribution in [0.2, 0.25) is 74.0 Å². The van der Waals surface area contributed by atoms with Crippen LogP contribution in [0.3, 0.4) is 0 Å². The van der Waals surface area contributed by atoms with Crippen molar-refractivity contribution in [2.45, 2.75) is 339 Å². The minimum atomic E-state index is -3.86. The Hall–Kier alpha value is -4.93. The van der Waals surface area contributed by atoms with Crippen LogP contribution in [0.1, 0.15) is 201 Å². The van der Waals surface area contributed by atoms with E-state index in [2.05, 4.69) is 233 Å². The van der Waals surface area contributed by atoms with E-state index in [1.165, 1.54) is 65.9 Å². The smallest absolute Gasteiger partial charge is 0.497 e. The molecule has 3 heterocycles. The summed E-state index contributed by atoms with van der Waals surface area (Å²) in [5.41, 5.74) is 5.41. The van der Waals surface area contributed by atoms with Crippen molar-refractivity contribution in [3.05, 3.63) is 191 Å². The molecule has 0 radical (unpaired) electrons. The Balaban J connectivity index is 0.000000291. The van der Waals surface area contributed by atoms with E-state index in [0.29, 0.717) is 23.2 Å². The number of hydrogen-bond acceptors (Lipinski definition) is 27. The Kier molecular flexibility index (Phi) is 52.2. The molecule has 3 aliphatic heterocycles. The quantitative estimate of drug-likeness (QED) is 0.00928. The Labute approximate surface area is 874 Å². The second-order valence-electron chi connectivity index (χ2n) is 42.2. The molecule has 35 heteroatoms. The Morgan fingerprint density at radius 1 is 0.431 bits per heavy atom. The van der Waals surface area contributed by atoms with Crippen molar-refractivity contribution in [3.63, 3.8) is 0 Å². The van der Waals surface area contributed by atoms with Gasteiger partial charge >= 0.3 is 21.0 Å². The lowest BCUT2D eigenvalue weighted by atomic mass is 9.80. The average Bonchev–Trinajstić information content (AvgIpc) is 0.907. The molecule has 27 nitrogen and oxygen atoms in total. The van der Waals surface area contributed by atoms with Crippen LogP contribution < -0.4 is 18.9 Å². The van der Waals surface area contributed by atoms with Crippen LogP contribution in [0.25, 0.3) is 0 Å². The molecule has 812 valence electrons. The van der Waals surface area contributed by atoms with E-state index in [1.807, 2.05) is 105 Å². The molecular weight excluding hydrogens is 1970 g/mol. The molecular formula is C109H179O27P3Si5. The highest BCUT2D eigenvalue weighted by molar-refractivity contribution is 7.51. The molecule has 10 rings (SSSR count). The van der Waals surface area contributed by atoms with Crippen molar-refractivity contribution >= 4 is 78.7 Å². The number of carbonyl (C=O) groups excluding carboxylic acids is 2. The molecule has 1 N–H and O–H groups in total. The predicted molar refractivity (Wildman–Crippen MR) is 588 cm³/mol. The van der Waals surface area contributed by atoms with Gasteiger partial charge in [-0.3, -0.25) is 9.59 Å². The Morgan fingerprint density at radius 3 is 1.08 bits per heavy atom. The van der Waals surface area contributed by atoms with E-state index in [1.54, 1.807) is 28.4 Å². The van der Waals surface area contributed by atoms with Gasteiger partial charge in [-0.15, -0.1) is 0 Å². The van der Waals surface area contributed by atoms with Gasteiger partial charge in [0.2, 0.25) is 9.75 Å². The number of aliphatic hydroxyl groups is 1. The second-order valence-corrected chi connectivity index (χ2v) is 69.4. The SMILES string of the molecule is CC(=O)OCCOC(OCCOC(C)=O)O[C@@H]1[C@H](OP(C)C)[C@@H](O[Si](OC2CCCCCCCCCCC2)(O[Si](C)(C)C)O[Si](C)(C)C)O[C@H]1C.COc1ccc(C(OC[C@H]2O[C@@H](C)[C@H](OCO[Si](C(C)C)(C(C)C)C(C)C)[C@@H]2OP(C)C)(c2ccccc2)c2ccc(OC)cc2)cc1.COc1ccc(C(OC[C@H]2O[C@@H](C)[C@H](O[Si](C)(C)C(C)(C)C)[C@@H]2OP(C)C)(c2ccccc2)c2ccc(OC)cc2)cc1.[3H]OC. The topological polar surface area (TPSA) is 276 Å². The van der Waals surface area contributed by atoms with Gasteiger partial charge in [-0.05, 0) is 230 Å². The molecule has 4 aliphatic rings. The fourth-order valence-corrected chi connectivity index (χ4v) is 36.1. The highest BCUT2D eigenvalue weighted by Gasteiger charge is 2.60. The molecule has 3 saturated heterocycles. The highest BCUT2D eigenvalue weighted by atomic mass is 31.1. The van der Waals surface area contributed by atoms with Gasteiger partial charge in [0.05, 0.1) is 79.3 Å². The van der Waals surface area contributed by atoms with Gasteiger partial charge in [0.1, 0.15) is 103 Å². The van der Waals surface area contributed by atoms with Crippen molar-refractivity contribution in [3.8, 4) is 23.0 Å². The summed E-state index contributed by atoms with van der Waals surface area (Å²) in [4.78, 5) is 22.6. The molecule has 6 aromatic carbocycles. The van der Waals surface area contributed by atoms with Crippen LogP contribution in [0, 0.1) is 0 Å². The fourth-order valence-electron chi connectivity index (χ4n) is 18.8. The lowest BCUT2D eigenvalue weighted by molar-refractivity contribution is -0.316. The van der Waals surface area contributed by atoms with Gasteiger partial charge in [0.25, 0.3) is 6.48 Å². The first kappa shape index (κ1) is 124. The summed E-state index contributed by atoms with van der Waals surface area (Å²) in [5.74, 6) is 2.27. The third-order valence-electron chi connectivity index (χ3n) is 26.3. The average molecular weight is 2160 g/mol. The maximum absolute atomic E-state index is 11.3. The summed E-state index contributed by atoms with van der Waals surface area (Å²) >= 11 is 0. The minimum Gasteiger partial charge on any atom is -0.497 e. The number of aliphatic hydroxyl groups excluding tert-OH is 1. The number of carbonyl (C=O) groups is 2. The molecule has 4 fully saturated rings. The van der Waals surface area contributed by atoms with Crippen molar-refractivity contribution in [1.29, 1.82) is 1.43 Å². The molecule has 0 bridgehead atoms. The van der Waals surface area contributed by atoms with Gasteiger partial charge in [-0.2, -0.15) is 0 Å². The molecule has 12 atom stereocenters. The predicted octanol–water partition coefficient (Wildman–Crippen LogP) is 24.7. The van der Waals surface area contributed by atoms with Crippen LogP contribution in [0.5, 0.6) is 23.0 Å². The van der Waals surface area contributed by atoms with Gasteiger partial charge < -0.3 is 116 Å². The monoisotopic (exact) mass is 2160 g/mol. The van der Waals surface area contributed by atoms with E-state index < -0.39 is 121 Å². The minimum absolute atomic E-state index is 0.00872. The molecule has 0 spiro atoms. The van der Waals surface area contributed by atoms with Gasteiger partial charge in [-0.1, -0.05) is 229 Å². The first-order valence-electron chi connectivity index (χ1n) is 51.7. The second kappa shape index (κ2) is 60.5. The summed E-state index contributed by atoms with van der Waals surface area (Å²) in [6.45, 7) is 58.6. The van der Waals surface area contributed by atoms with Crippen molar-refractivity contribution in [2.24, 2.45) is 0 Å². The Morgan fingerprint density at radius 2 is 0.757 bits per heavy atom. The number of methoxy groups -OCH3 is 4. The van der Waals surface area contributed by atoms with Crippen LogP contribution >= 0.6 is 24.4 Å². The summed E-state index contributed by atoms with van der Waals surface area (Å²) in [5, 5.41) is 3.57. The highest BCUT2D eigenvalue weighted by Crippen LogP contribution is 2.51. The fraction of sp³-hybridized carbons (Fsp3) is 0.651. The van der Waals surface area contributed by atoms with Crippen LogP contribution in [0.4, 0.5) is 0 Å². The molecule has 0 aromatic heterocycles. The maximum Gasteiger partial charge on any atom is 0.660 e. The van der Waals surface area contributed by atoms with Crippen molar-refractivity contribution in [2.75, 3.05) is 122 Å². The lowest BCUT2D eigenvalue weighted by Gasteiger charge is -2.42. The largest absolute Gasteiger partial charge is 0.660 e. The summed E-state index contributed by atoms with van der Waals surface area (Å²) < 4.78 is 158. The molecule has 1 aliphatic carbocycles. The van der Waals surface area contributed by atoms with Crippen LogP contribution in [-0.2, 0) is 112 Å². The number of hydrogen-bond donors (Lipinski definition) is 1. The summed E-state index contributed by atoms with van der Waals surface area (Å²) in [6.07, 6.45) is 7.81. The number of rotatable bonds is 49. The standard InChI is InChI=1S/C39H57O7PSi.C35H49O6PSi.C34H69O13PSi3.CH4O/c1-27(2)48(28(3)4,29(5)6)44-26-42-37-30(7)45-36(38(37)46-47(10)11)25-43-39(31-15-13-12-14-16-31,32-17-21-34(40-8)22-18-32)33-19-23-35(41-9)24-20-33;1-25-32(41-43(9,10)34(2,3)4)33(40-42(7)8)31(39-25)24-38-35(26-14-12-11-13-15-26,27-16-20-29(36-5)21-17-27)28-18-22-30(37-6)23-19-28;1-27-31(42-34(39-25-23-37-28(2)35)40-26-24-38-29(3)36)32(43-48(4)5)33(41-27)45-51(46-49(6,7)8,47-50(9,10)11)44-30-21-19-17-15-13-12-14-16-18-20-22-30;1-2/h12-24,27-30,36-38H,25-26H2,1-11H3;11-23,25,31-33H,24H2,1-10H3;27,30-34H,12-26H2,1-11H3;2H,1H3/t30-,36+,37-,38+;25-,31+,32-,33+;27-,31-,32-,33+;/m000./s1/i;;;2T. The summed E-state index contributed by atoms with van der Waals surface area (Å²) in [7, 11) is -6.93. The summed E-state index contributed by atoms with van der Waals surface area (Å²) in [6, 6.07) is 53.0. The molecule has 144 heavy (non-hydrogen) atoms. The third-order valence-corrected chi connectivity index (χ3v) is 46.9. The van der Waals surface area contributed by atoms with Crippen molar-refractivity contribution < 1.29 is 125 Å². The van der Waals surface area contributed by atoms with E-state index in [0.717, 1.165) is 82.1 Å². The lowest BCUT2D eigenvalue weighted by Crippen LogP contribution is -2.62. The normalized spacial score (nSPS) is 21.6. The van der Waals surface area contributed by atoms with E-state index in [-0.39, 0.29) is 99.8 Å². The van der Waals surface area contributed by atoms with Gasteiger partial charge in [-0.25, -0.2) is 0 Å². The van der Waals surface area contributed by atoms with Crippen molar-refractivity contribution in [1.82, 2.24) is 0 Å². The van der Waals surface area contributed by atoms with Gasteiger partial charge in [0, 0.05) is 45.4 Å². The molecule has 0 unspecified atom stereocenters. The van der Waals surface area contributed by atoms with Crippen LogP contribution in [-0.4, -0.2) is 269 Å². The molecule has 0 amide bonds. The zero-order chi connectivity index (χ0) is 107. The van der Waals surface area contributed by atoms with Crippen LogP contribution in [0.15, 0.2) is 158 Å². The number of benzene rings is 6. The maximum atomic E-state index is 11.3. The Bertz CT molecular complexity index is 4440.